The van der Waals surface area contributed by atoms with E-state index in [0.717, 1.165) is 11.8 Å². The quantitative estimate of drug-likeness (QED) is 0.573. The van der Waals surface area contributed by atoms with E-state index in [0.29, 0.717) is 42.5 Å². The standard InChI is InChI=1S/C24H23ClFN3O3S/c1-17-15-22(9-10-23(17)26)33(31,32)27-20-7-5-18(6-8-20)24(30)29-13-11-28(12-14-29)21-4-2-3-19(25)16-21/h2-10,15-16,27H,11-14H2,1H3. The number of rotatable bonds is 5. The number of piperazine rings is 1. The van der Waals surface area contributed by atoms with Gasteiger partial charge in [-0.15, -0.1) is 0 Å². The van der Waals surface area contributed by atoms with Crippen LogP contribution >= 0.6 is 11.6 Å². The highest BCUT2D eigenvalue weighted by Crippen LogP contribution is 2.22. The normalized spacial score (nSPS) is 14.3. The molecule has 0 spiro atoms. The predicted molar refractivity (Wildman–Crippen MR) is 128 cm³/mol. The van der Waals surface area contributed by atoms with Crippen molar-refractivity contribution in [2.24, 2.45) is 0 Å². The van der Waals surface area contributed by atoms with E-state index in [9.17, 15) is 17.6 Å². The first-order valence-electron chi connectivity index (χ1n) is 10.4. The maximum Gasteiger partial charge on any atom is 0.261 e. The van der Waals surface area contributed by atoms with E-state index in [1.54, 1.807) is 29.2 Å². The van der Waals surface area contributed by atoms with Gasteiger partial charge in [0.05, 0.1) is 4.90 Å². The summed E-state index contributed by atoms with van der Waals surface area (Å²) in [5.74, 6) is -0.575. The largest absolute Gasteiger partial charge is 0.368 e. The zero-order valence-corrected chi connectivity index (χ0v) is 19.5. The molecule has 1 aliphatic heterocycles. The zero-order chi connectivity index (χ0) is 23.6. The van der Waals surface area contributed by atoms with Crippen LogP contribution < -0.4 is 9.62 Å². The van der Waals surface area contributed by atoms with Gasteiger partial charge in [-0.1, -0.05) is 17.7 Å². The van der Waals surface area contributed by atoms with E-state index in [-0.39, 0.29) is 16.4 Å². The SMILES string of the molecule is Cc1cc(S(=O)(=O)Nc2ccc(C(=O)N3CCN(c4cccc(Cl)c4)CC3)cc2)ccc1F. The molecule has 0 aliphatic carbocycles. The summed E-state index contributed by atoms with van der Waals surface area (Å²) in [6.45, 7) is 4.04. The average molecular weight is 488 g/mol. The molecule has 1 saturated heterocycles. The Morgan fingerprint density at radius 2 is 1.67 bits per heavy atom. The van der Waals surface area contributed by atoms with Crippen molar-refractivity contribution >= 4 is 38.9 Å². The second-order valence-corrected chi connectivity index (χ2v) is 9.97. The van der Waals surface area contributed by atoms with Gasteiger partial charge in [-0.25, -0.2) is 12.8 Å². The maximum atomic E-state index is 13.5. The van der Waals surface area contributed by atoms with Gasteiger partial charge in [0.15, 0.2) is 0 Å². The molecule has 1 N–H and O–H groups in total. The molecule has 0 atom stereocenters. The molecule has 0 unspecified atom stereocenters. The van der Waals surface area contributed by atoms with E-state index < -0.39 is 15.8 Å². The van der Waals surface area contributed by atoms with Gasteiger partial charge < -0.3 is 9.80 Å². The summed E-state index contributed by atoms with van der Waals surface area (Å²) in [6.07, 6.45) is 0. The molecule has 1 amide bonds. The Bertz CT molecular complexity index is 1270. The van der Waals surface area contributed by atoms with E-state index in [1.165, 1.54) is 19.1 Å². The fraction of sp³-hybridized carbons (Fsp3) is 0.208. The number of carbonyl (C=O) groups is 1. The van der Waals surface area contributed by atoms with Crippen LogP contribution in [-0.4, -0.2) is 45.4 Å². The number of carbonyl (C=O) groups excluding carboxylic acids is 1. The molecule has 3 aromatic rings. The lowest BCUT2D eigenvalue weighted by Gasteiger charge is -2.36. The van der Waals surface area contributed by atoms with Gasteiger partial charge in [0, 0.05) is 48.1 Å². The molecule has 0 saturated carbocycles. The molecule has 3 aromatic carbocycles. The number of benzene rings is 3. The van der Waals surface area contributed by atoms with Crippen LogP contribution in [0.2, 0.25) is 5.02 Å². The van der Waals surface area contributed by atoms with Crippen molar-refractivity contribution < 1.29 is 17.6 Å². The minimum atomic E-state index is -3.87. The Morgan fingerprint density at radius 3 is 2.30 bits per heavy atom. The summed E-state index contributed by atoms with van der Waals surface area (Å²) in [7, 11) is -3.87. The van der Waals surface area contributed by atoms with Crippen molar-refractivity contribution in [1.82, 2.24) is 4.90 Å². The Hall–Kier alpha value is -3.10. The first kappa shape index (κ1) is 23.1. The Kier molecular flexibility index (Phi) is 6.58. The number of nitrogens with one attached hydrogen (secondary N) is 1. The lowest BCUT2D eigenvalue weighted by Crippen LogP contribution is -2.48. The highest BCUT2D eigenvalue weighted by atomic mass is 35.5. The second kappa shape index (κ2) is 9.41. The summed E-state index contributed by atoms with van der Waals surface area (Å²) in [6, 6.07) is 17.5. The number of anilines is 2. The van der Waals surface area contributed by atoms with E-state index in [2.05, 4.69) is 9.62 Å². The van der Waals surface area contributed by atoms with Gasteiger partial charge in [-0.3, -0.25) is 9.52 Å². The molecule has 9 heteroatoms. The summed E-state index contributed by atoms with van der Waals surface area (Å²) >= 11 is 6.07. The van der Waals surface area contributed by atoms with Crippen molar-refractivity contribution in [2.75, 3.05) is 35.8 Å². The molecule has 0 radical (unpaired) electrons. The minimum absolute atomic E-state index is 0.0286. The zero-order valence-electron chi connectivity index (χ0n) is 18.0. The van der Waals surface area contributed by atoms with Gasteiger partial charge in [0.1, 0.15) is 5.82 Å². The molecule has 33 heavy (non-hydrogen) atoms. The number of nitrogens with zero attached hydrogens (tertiary/aromatic N) is 2. The van der Waals surface area contributed by atoms with Gasteiger partial charge >= 0.3 is 0 Å². The van der Waals surface area contributed by atoms with Gasteiger partial charge in [0.25, 0.3) is 15.9 Å². The smallest absolute Gasteiger partial charge is 0.261 e. The fourth-order valence-corrected chi connectivity index (χ4v) is 5.03. The average Bonchev–Trinajstić information content (AvgIpc) is 2.81. The minimum Gasteiger partial charge on any atom is -0.368 e. The summed E-state index contributed by atoms with van der Waals surface area (Å²) in [5, 5.41) is 0.677. The molecule has 1 aliphatic rings. The number of aryl methyl sites for hydroxylation is 1. The van der Waals surface area contributed by atoms with E-state index in [1.807, 2.05) is 24.3 Å². The predicted octanol–water partition coefficient (Wildman–Crippen LogP) is 4.55. The Morgan fingerprint density at radius 1 is 0.970 bits per heavy atom. The lowest BCUT2D eigenvalue weighted by atomic mass is 10.1. The highest BCUT2D eigenvalue weighted by Gasteiger charge is 2.23. The highest BCUT2D eigenvalue weighted by molar-refractivity contribution is 7.92. The molecule has 1 heterocycles. The number of hydrogen-bond donors (Lipinski definition) is 1. The molecular weight excluding hydrogens is 465 g/mol. The van der Waals surface area contributed by atoms with Crippen molar-refractivity contribution in [2.45, 2.75) is 11.8 Å². The van der Waals surface area contributed by atoms with Crippen LogP contribution in [0.15, 0.2) is 71.6 Å². The maximum absolute atomic E-state index is 13.5. The first-order chi connectivity index (χ1) is 15.7. The van der Waals surface area contributed by atoms with E-state index in [4.69, 9.17) is 11.6 Å². The van der Waals surface area contributed by atoms with Crippen LogP contribution in [0.4, 0.5) is 15.8 Å². The van der Waals surface area contributed by atoms with Gasteiger partial charge in [-0.2, -0.15) is 0 Å². The van der Waals surface area contributed by atoms with Crippen LogP contribution in [0.1, 0.15) is 15.9 Å². The van der Waals surface area contributed by atoms with Crippen LogP contribution in [0, 0.1) is 12.7 Å². The monoisotopic (exact) mass is 487 g/mol. The van der Waals surface area contributed by atoms with Crippen molar-refractivity contribution in [3.05, 3.63) is 88.7 Å². The molecule has 0 aromatic heterocycles. The molecule has 0 bridgehead atoms. The fourth-order valence-electron chi connectivity index (χ4n) is 3.70. The molecule has 6 nitrogen and oxygen atoms in total. The van der Waals surface area contributed by atoms with E-state index >= 15 is 0 Å². The molecule has 4 rings (SSSR count). The molecule has 172 valence electrons. The summed E-state index contributed by atoms with van der Waals surface area (Å²) in [4.78, 5) is 16.8. The number of amides is 1. The lowest BCUT2D eigenvalue weighted by molar-refractivity contribution is 0.0747. The van der Waals surface area contributed by atoms with Crippen molar-refractivity contribution in [3.8, 4) is 0 Å². The third-order valence-electron chi connectivity index (χ3n) is 5.56. The van der Waals surface area contributed by atoms with Crippen LogP contribution in [0.25, 0.3) is 0 Å². The van der Waals surface area contributed by atoms with Crippen LogP contribution in [-0.2, 0) is 10.0 Å². The molecule has 1 fully saturated rings. The van der Waals surface area contributed by atoms with Crippen molar-refractivity contribution in [3.63, 3.8) is 0 Å². The topological polar surface area (TPSA) is 69.7 Å². The van der Waals surface area contributed by atoms with Crippen molar-refractivity contribution in [1.29, 1.82) is 0 Å². The summed E-state index contributed by atoms with van der Waals surface area (Å²) in [5.41, 5.74) is 2.07. The molecular formula is C24H23ClFN3O3S. The summed E-state index contributed by atoms with van der Waals surface area (Å²) < 4.78 is 41.1. The Labute approximate surface area is 197 Å². The Balaban J connectivity index is 1.39. The van der Waals surface area contributed by atoms with Gasteiger partial charge in [-0.05, 0) is 73.2 Å². The number of hydrogen-bond acceptors (Lipinski definition) is 4. The third kappa shape index (κ3) is 5.29. The number of halogens is 2. The van der Waals surface area contributed by atoms with Crippen LogP contribution in [0.3, 0.4) is 0 Å². The third-order valence-corrected chi connectivity index (χ3v) is 7.18. The second-order valence-electron chi connectivity index (χ2n) is 7.85. The van der Waals surface area contributed by atoms with Crippen LogP contribution in [0.5, 0.6) is 0 Å². The first-order valence-corrected chi connectivity index (χ1v) is 12.3. The number of sulfonamides is 1. The van der Waals surface area contributed by atoms with Gasteiger partial charge in [0.2, 0.25) is 0 Å².